The summed E-state index contributed by atoms with van der Waals surface area (Å²) >= 11 is 2.15. The first kappa shape index (κ1) is 12.4. The summed E-state index contributed by atoms with van der Waals surface area (Å²) in [4.78, 5) is 12.2. The number of hydrogen-bond donors (Lipinski definition) is 0. The lowest BCUT2D eigenvalue weighted by Gasteiger charge is -2.09. The van der Waals surface area contributed by atoms with Crippen LogP contribution in [0.4, 0.5) is 0 Å². The Morgan fingerprint density at radius 1 is 1.24 bits per heavy atom. The van der Waals surface area contributed by atoms with Crippen molar-refractivity contribution in [1.29, 1.82) is 0 Å². The summed E-state index contributed by atoms with van der Waals surface area (Å²) < 4.78 is 4.52. The Morgan fingerprint density at radius 3 is 2.47 bits per heavy atom. The van der Waals surface area contributed by atoms with Crippen molar-refractivity contribution in [2.45, 2.75) is 19.8 Å². The second kappa shape index (κ2) is 5.08. The van der Waals surface area contributed by atoms with Gasteiger partial charge < -0.3 is 0 Å². The Kier molecular flexibility index (Phi) is 3.71. The molecule has 0 saturated heterocycles. The highest BCUT2D eigenvalue weighted by molar-refractivity contribution is 14.1. The third-order valence-corrected chi connectivity index (χ3v) is 3.90. The lowest BCUT2D eigenvalue weighted by molar-refractivity contribution is 0.610. The zero-order valence-corrected chi connectivity index (χ0v) is 12.1. The normalized spacial score (nSPS) is 10.8. The monoisotopic (exact) mass is 342 g/mol. The van der Waals surface area contributed by atoms with E-state index in [0.717, 1.165) is 27.8 Å². The molecule has 0 aliphatic rings. The molecule has 0 saturated carbocycles. The molecule has 2 rings (SSSR count). The molecule has 90 valence electrons. The fourth-order valence-corrected chi connectivity index (χ4v) is 2.83. The Bertz CT molecular complexity index is 569. The van der Waals surface area contributed by atoms with Gasteiger partial charge in [0.25, 0.3) is 5.56 Å². The third-order valence-electron chi connectivity index (χ3n) is 2.81. The molecule has 0 atom stereocenters. The van der Waals surface area contributed by atoms with Gasteiger partial charge in [0.05, 0.1) is 11.4 Å². The molecule has 17 heavy (non-hydrogen) atoms. The third kappa shape index (κ3) is 2.18. The number of benzene rings is 1. The van der Waals surface area contributed by atoms with Gasteiger partial charge in [0.15, 0.2) is 0 Å². The summed E-state index contributed by atoms with van der Waals surface area (Å²) in [5.41, 5.74) is 2.10. The highest BCUT2D eigenvalue weighted by atomic mass is 127. The zero-order valence-electron chi connectivity index (χ0n) is 9.98. The van der Waals surface area contributed by atoms with Crippen LogP contribution in [0.5, 0.6) is 0 Å². The van der Waals surface area contributed by atoms with E-state index in [2.05, 4.69) is 29.5 Å². The topological polar surface area (TPSA) is 26.9 Å². The summed E-state index contributed by atoms with van der Waals surface area (Å²) in [6, 6.07) is 9.75. The summed E-state index contributed by atoms with van der Waals surface area (Å²) in [6.07, 6.45) is 1.98. The minimum absolute atomic E-state index is 0.0720. The molecular weight excluding hydrogens is 327 g/mol. The van der Waals surface area contributed by atoms with Crippen molar-refractivity contribution in [3.05, 3.63) is 49.9 Å². The van der Waals surface area contributed by atoms with Gasteiger partial charge in [0, 0.05) is 7.05 Å². The molecular formula is C13H15IN2O. The standard InChI is InChI=1S/C13H15IN2O/c1-3-7-11-12(14)13(17)16(15(11)2)10-8-5-4-6-9-10/h4-6,8-9H,3,7H2,1-2H3. The number of para-hydroxylation sites is 1. The predicted octanol–water partition coefficient (Wildman–Crippen LogP) is 2.73. The van der Waals surface area contributed by atoms with Crippen LogP contribution in [0.25, 0.3) is 5.69 Å². The molecule has 1 aromatic heterocycles. The fraction of sp³-hybridized carbons (Fsp3) is 0.308. The van der Waals surface area contributed by atoms with Crippen LogP contribution in [-0.2, 0) is 13.5 Å². The highest BCUT2D eigenvalue weighted by Gasteiger charge is 2.15. The lowest BCUT2D eigenvalue weighted by atomic mass is 10.2. The molecule has 0 N–H and O–H groups in total. The minimum atomic E-state index is 0.0720. The molecule has 3 nitrogen and oxygen atoms in total. The Morgan fingerprint density at radius 2 is 1.88 bits per heavy atom. The van der Waals surface area contributed by atoms with Crippen molar-refractivity contribution in [2.24, 2.45) is 7.05 Å². The first-order chi connectivity index (χ1) is 8.16. The van der Waals surface area contributed by atoms with Crippen LogP contribution in [0.3, 0.4) is 0 Å². The van der Waals surface area contributed by atoms with Crippen molar-refractivity contribution in [3.63, 3.8) is 0 Å². The fourth-order valence-electron chi connectivity index (χ4n) is 1.98. The smallest absolute Gasteiger partial charge is 0.284 e. The predicted molar refractivity (Wildman–Crippen MR) is 77.7 cm³/mol. The van der Waals surface area contributed by atoms with Gasteiger partial charge in [0.1, 0.15) is 3.57 Å². The van der Waals surface area contributed by atoms with E-state index >= 15 is 0 Å². The molecule has 0 bridgehead atoms. The quantitative estimate of drug-likeness (QED) is 0.788. The molecule has 2 aromatic rings. The van der Waals surface area contributed by atoms with Crippen LogP contribution in [0.1, 0.15) is 19.0 Å². The number of hydrogen-bond acceptors (Lipinski definition) is 1. The van der Waals surface area contributed by atoms with Gasteiger partial charge in [-0.15, -0.1) is 0 Å². The lowest BCUT2D eigenvalue weighted by Crippen LogP contribution is -2.20. The van der Waals surface area contributed by atoms with Crippen LogP contribution in [0.2, 0.25) is 0 Å². The summed E-state index contributed by atoms with van der Waals surface area (Å²) in [5.74, 6) is 0. The van der Waals surface area contributed by atoms with Crippen LogP contribution in [0.15, 0.2) is 35.1 Å². The van der Waals surface area contributed by atoms with E-state index in [1.165, 1.54) is 0 Å². The van der Waals surface area contributed by atoms with Gasteiger partial charge >= 0.3 is 0 Å². The summed E-state index contributed by atoms with van der Waals surface area (Å²) in [6.45, 7) is 2.13. The SMILES string of the molecule is CCCc1c(I)c(=O)n(-c2ccccc2)n1C. The average molecular weight is 342 g/mol. The molecule has 1 aromatic carbocycles. The maximum absolute atomic E-state index is 12.2. The largest absolute Gasteiger partial charge is 0.285 e. The average Bonchev–Trinajstić information content (AvgIpc) is 2.55. The van der Waals surface area contributed by atoms with Gasteiger partial charge in [0.2, 0.25) is 0 Å². The minimum Gasteiger partial charge on any atom is -0.284 e. The molecule has 0 aliphatic carbocycles. The van der Waals surface area contributed by atoms with Crippen molar-refractivity contribution in [3.8, 4) is 5.69 Å². The van der Waals surface area contributed by atoms with E-state index in [-0.39, 0.29) is 5.56 Å². The van der Waals surface area contributed by atoms with Crippen molar-refractivity contribution < 1.29 is 0 Å². The van der Waals surface area contributed by atoms with Crippen molar-refractivity contribution in [1.82, 2.24) is 9.36 Å². The van der Waals surface area contributed by atoms with Crippen LogP contribution in [-0.4, -0.2) is 9.36 Å². The van der Waals surface area contributed by atoms with Crippen LogP contribution < -0.4 is 5.56 Å². The van der Waals surface area contributed by atoms with Gasteiger partial charge in [-0.2, -0.15) is 0 Å². The Labute approximate surface area is 114 Å². The van der Waals surface area contributed by atoms with E-state index in [0.29, 0.717) is 0 Å². The van der Waals surface area contributed by atoms with Crippen molar-refractivity contribution in [2.75, 3.05) is 0 Å². The molecule has 0 aliphatic heterocycles. The van der Waals surface area contributed by atoms with E-state index in [4.69, 9.17) is 0 Å². The number of aromatic nitrogens is 2. The first-order valence-electron chi connectivity index (χ1n) is 5.68. The maximum Gasteiger partial charge on any atom is 0.285 e. The van der Waals surface area contributed by atoms with E-state index in [9.17, 15) is 4.79 Å². The van der Waals surface area contributed by atoms with E-state index < -0.39 is 0 Å². The molecule has 1 heterocycles. The van der Waals surface area contributed by atoms with Gasteiger partial charge in [-0.1, -0.05) is 31.5 Å². The van der Waals surface area contributed by atoms with E-state index in [1.54, 1.807) is 4.68 Å². The Hall–Kier alpha value is -1.04. The van der Waals surface area contributed by atoms with Crippen LogP contribution >= 0.6 is 22.6 Å². The molecule has 0 unspecified atom stereocenters. The van der Waals surface area contributed by atoms with Crippen LogP contribution in [0, 0.1) is 3.57 Å². The summed E-state index contributed by atoms with van der Waals surface area (Å²) in [5, 5.41) is 0. The first-order valence-corrected chi connectivity index (χ1v) is 6.76. The molecule has 0 amide bonds. The Balaban J connectivity index is 2.64. The second-order valence-electron chi connectivity index (χ2n) is 3.99. The second-order valence-corrected chi connectivity index (χ2v) is 5.07. The zero-order chi connectivity index (χ0) is 12.4. The van der Waals surface area contributed by atoms with Gasteiger partial charge in [-0.25, -0.2) is 4.68 Å². The molecule has 4 heteroatoms. The number of nitrogens with zero attached hydrogens (tertiary/aromatic N) is 2. The highest BCUT2D eigenvalue weighted by Crippen LogP contribution is 2.14. The molecule has 0 radical (unpaired) electrons. The maximum atomic E-state index is 12.2. The molecule has 0 spiro atoms. The number of rotatable bonds is 3. The molecule has 0 fully saturated rings. The van der Waals surface area contributed by atoms with E-state index in [1.807, 2.05) is 42.1 Å². The van der Waals surface area contributed by atoms with Gasteiger partial charge in [-0.05, 0) is 41.1 Å². The van der Waals surface area contributed by atoms with Gasteiger partial charge in [-0.3, -0.25) is 9.48 Å². The van der Waals surface area contributed by atoms with Crippen molar-refractivity contribution >= 4 is 22.6 Å². The number of halogens is 1. The summed E-state index contributed by atoms with van der Waals surface area (Å²) in [7, 11) is 1.95.